The molecule has 0 aliphatic rings. The smallest absolute Gasteiger partial charge is 0.00748 e. The summed E-state index contributed by atoms with van der Waals surface area (Å²) in [4.78, 5) is 0. The maximum absolute atomic E-state index is 5.50. The van der Waals surface area contributed by atoms with Crippen LogP contribution in [0.3, 0.4) is 0 Å². The molecule has 1 aromatic carbocycles. The third kappa shape index (κ3) is 4.11. The summed E-state index contributed by atoms with van der Waals surface area (Å²) in [6.07, 6.45) is 1.20. The van der Waals surface area contributed by atoms with E-state index in [0.29, 0.717) is 12.5 Å². The Balaban J connectivity index is 2.71. The Kier molecular flexibility index (Phi) is 5.83. The van der Waals surface area contributed by atoms with Crippen molar-refractivity contribution in [2.24, 2.45) is 5.73 Å². The molecule has 2 nitrogen and oxygen atoms in total. The van der Waals surface area contributed by atoms with Gasteiger partial charge in [-0.25, -0.2) is 0 Å². The zero-order chi connectivity index (χ0) is 13.6. The van der Waals surface area contributed by atoms with Gasteiger partial charge in [0, 0.05) is 25.0 Å². The van der Waals surface area contributed by atoms with Gasteiger partial charge in [-0.2, -0.15) is 0 Å². The van der Waals surface area contributed by atoms with Gasteiger partial charge < -0.3 is 11.1 Å². The van der Waals surface area contributed by atoms with Crippen molar-refractivity contribution >= 4 is 0 Å². The lowest BCUT2D eigenvalue weighted by molar-refractivity contribution is 0.473. The number of nitrogens with one attached hydrogen (secondary N) is 1. The molecule has 102 valence electrons. The lowest BCUT2D eigenvalue weighted by Crippen LogP contribution is -2.35. The fraction of sp³-hybridized carbons (Fsp3) is 0.625. The third-order valence-electron chi connectivity index (χ3n) is 3.76. The van der Waals surface area contributed by atoms with Gasteiger partial charge in [-0.15, -0.1) is 0 Å². The molecule has 0 bridgehead atoms. The molecule has 0 aromatic heterocycles. The molecule has 0 fully saturated rings. The Morgan fingerprint density at radius 1 is 1.22 bits per heavy atom. The van der Waals surface area contributed by atoms with E-state index < -0.39 is 0 Å². The van der Waals surface area contributed by atoms with Gasteiger partial charge in [-0.1, -0.05) is 52.0 Å². The van der Waals surface area contributed by atoms with Crippen LogP contribution in [-0.2, 0) is 5.41 Å². The summed E-state index contributed by atoms with van der Waals surface area (Å²) in [6.45, 7) is 11.6. The second-order valence-electron chi connectivity index (χ2n) is 5.78. The first-order valence-corrected chi connectivity index (χ1v) is 7.02. The van der Waals surface area contributed by atoms with Crippen LogP contribution in [0.5, 0.6) is 0 Å². The number of hydrogen-bond donors (Lipinski definition) is 2. The lowest BCUT2D eigenvalue weighted by atomic mass is 9.83. The first-order chi connectivity index (χ1) is 8.51. The summed E-state index contributed by atoms with van der Waals surface area (Å²) in [6, 6.07) is 9.08. The molecule has 0 saturated carbocycles. The van der Waals surface area contributed by atoms with Gasteiger partial charge in [-0.05, 0) is 23.5 Å². The van der Waals surface area contributed by atoms with E-state index in [-0.39, 0.29) is 5.41 Å². The van der Waals surface area contributed by atoms with Gasteiger partial charge in [0.2, 0.25) is 0 Å². The Hall–Kier alpha value is -0.860. The van der Waals surface area contributed by atoms with E-state index in [4.69, 9.17) is 5.73 Å². The predicted octanol–water partition coefficient (Wildman–Crippen LogP) is 3.03. The van der Waals surface area contributed by atoms with Crippen molar-refractivity contribution in [2.45, 2.75) is 45.4 Å². The summed E-state index contributed by atoms with van der Waals surface area (Å²) >= 11 is 0. The van der Waals surface area contributed by atoms with Crippen molar-refractivity contribution in [3.8, 4) is 0 Å². The summed E-state index contributed by atoms with van der Waals surface area (Å²) < 4.78 is 0. The van der Waals surface area contributed by atoms with Gasteiger partial charge in [0.25, 0.3) is 0 Å². The van der Waals surface area contributed by atoms with Crippen LogP contribution in [0.4, 0.5) is 0 Å². The van der Waals surface area contributed by atoms with Crippen LogP contribution in [0.1, 0.15) is 51.2 Å². The topological polar surface area (TPSA) is 38.0 Å². The monoisotopic (exact) mass is 248 g/mol. The fourth-order valence-corrected chi connectivity index (χ4v) is 2.10. The normalized spacial score (nSPS) is 13.6. The average Bonchev–Trinajstić information content (AvgIpc) is 2.38. The highest BCUT2D eigenvalue weighted by Gasteiger charge is 2.19. The molecule has 2 heteroatoms. The van der Waals surface area contributed by atoms with Gasteiger partial charge in [0.05, 0.1) is 0 Å². The van der Waals surface area contributed by atoms with E-state index in [9.17, 15) is 0 Å². The van der Waals surface area contributed by atoms with E-state index in [1.165, 1.54) is 17.5 Å². The number of rotatable bonds is 7. The second-order valence-corrected chi connectivity index (χ2v) is 5.78. The van der Waals surface area contributed by atoms with Crippen molar-refractivity contribution in [1.82, 2.24) is 5.32 Å². The maximum Gasteiger partial charge on any atom is 0.00748 e. The van der Waals surface area contributed by atoms with Gasteiger partial charge in [0.1, 0.15) is 0 Å². The minimum Gasteiger partial charge on any atom is -0.329 e. The molecule has 0 heterocycles. The molecule has 0 radical (unpaired) electrons. The minimum absolute atomic E-state index is 0.156. The molecular formula is C16H28N2. The molecule has 0 spiro atoms. The highest BCUT2D eigenvalue weighted by Crippen LogP contribution is 2.25. The molecule has 0 aliphatic heterocycles. The summed E-state index contributed by atoms with van der Waals surface area (Å²) in [5.74, 6) is 0.650. The van der Waals surface area contributed by atoms with Crippen LogP contribution in [0.25, 0.3) is 0 Å². The van der Waals surface area contributed by atoms with E-state index in [2.05, 4.69) is 57.3 Å². The largest absolute Gasteiger partial charge is 0.329 e. The van der Waals surface area contributed by atoms with Crippen LogP contribution in [0, 0.1) is 0 Å². The zero-order valence-electron chi connectivity index (χ0n) is 12.3. The van der Waals surface area contributed by atoms with E-state index in [1.54, 1.807) is 0 Å². The van der Waals surface area contributed by atoms with Crippen LogP contribution in [0.15, 0.2) is 24.3 Å². The molecule has 1 rings (SSSR count). The molecule has 1 unspecified atom stereocenters. The van der Waals surface area contributed by atoms with E-state index in [1.807, 2.05) is 0 Å². The molecular weight excluding hydrogens is 220 g/mol. The van der Waals surface area contributed by atoms with Crippen LogP contribution in [-0.4, -0.2) is 19.6 Å². The van der Waals surface area contributed by atoms with Gasteiger partial charge in [0.15, 0.2) is 0 Å². The third-order valence-corrected chi connectivity index (χ3v) is 3.76. The number of nitrogens with two attached hydrogens (primary N) is 1. The highest BCUT2D eigenvalue weighted by atomic mass is 14.9. The van der Waals surface area contributed by atoms with Gasteiger partial charge >= 0.3 is 0 Å². The summed E-state index contributed by atoms with van der Waals surface area (Å²) in [5.41, 5.74) is 8.48. The summed E-state index contributed by atoms with van der Waals surface area (Å²) in [7, 11) is 0. The van der Waals surface area contributed by atoms with Crippen molar-refractivity contribution in [3.63, 3.8) is 0 Å². The SMILES string of the molecule is CCC(C)c1ccc(C(C)(C)CNCCN)cc1. The standard InChI is InChI=1S/C16H28N2/c1-5-13(2)14-6-8-15(9-7-14)16(3,4)12-18-11-10-17/h6-9,13,18H,5,10-12,17H2,1-4H3. The van der Waals surface area contributed by atoms with Crippen LogP contribution in [0.2, 0.25) is 0 Å². The molecule has 1 aromatic rings. The predicted molar refractivity (Wildman–Crippen MR) is 80.1 cm³/mol. The number of benzene rings is 1. The summed E-state index contributed by atoms with van der Waals surface area (Å²) in [5, 5.41) is 3.40. The van der Waals surface area contributed by atoms with E-state index in [0.717, 1.165) is 13.1 Å². The highest BCUT2D eigenvalue weighted by molar-refractivity contribution is 5.30. The Morgan fingerprint density at radius 2 is 1.83 bits per heavy atom. The molecule has 0 aliphatic carbocycles. The quantitative estimate of drug-likeness (QED) is 0.728. The van der Waals surface area contributed by atoms with Gasteiger partial charge in [-0.3, -0.25) is 0 Å². The van der Waals surface area contributed by atoms with E-state index >= 15 is 0 Å². The molecule has 0 amide bonds. The molecule has 18 heavy (non-hydrogen) atoms. The lowest BCUT2D eigenvalue weighted by Gasteiger charge is -2.26. The first kappa shape index (κ1) is 15.2. The second kappa shape index (κ2) is 6.91. The molecule has 3 N–H and O–H groups in total. The Bertz CT molecular complexity index is 341. The van der Waals surface area contributed by atoms with Crippen molar-refractivity contribution in [1.29, 1.82) is 0 Å². The maximum atomic E-state index is 5.50. The Labute approximate surface area is 112 Å². The van der Waals surface area contributed by atoms with Crippen molar-refractivity contribution < 1.29 is 0 Å². The van der Waals surface area contributed by atoms with Crippen LogP contribution >= 0.6 is 0 Å². The zero-order valence-corrected chi connectivity index (χ0v) is 12.3. The fourth-order valence-electron chi connectivity index (χ4n) is 2.10. The number of hydrogen-bond acceptors (Lipinski definition) is 2. The molecule has 1 atom stereocenters. The molecule has 0 saturated heterocycles. The Morgan fingerprint density at radius 3 is 2.33 bits per heavy atom. The first-order valence-electron chi connectivity index (χ1n) is 7.02. The van der Waals surface area contributed by atoms with Crippen molar-refractivity contribution in [3.05, 3.63) is 35.4 Å². The van der Waals surface area contributed by atoms with Crippen LogP contribution < -0.4 is 11.1 Å². The van der Waals surface area contributed by atoms with Crippen molar-refractivity contribution in [2.75, 3.05) is 19.6 Å². The minimum atomic E-state index is 0.156. The average molecular weight is 248 g/mol.